The molecule has 0 amide bonds. The molecule has 14 heavy (non-hydrogen) atoms. The maximum atomic E-state index is 6.11. The van der Waals surface area contributed by atoms with Crippen molar-refractivity contribution in [1.29, 1.82) is 0 Å². The topological polar surface area (TPSA) is 35.2 Å². The summed E-state index contributed by atoms with van der Waals surface area (Å²) in [7, 11) is 1.71. The molecule has 0 saturated carbocycles. The van der Waals surface area contributed by atoms with Gasteiger partial charge in [0.15, 0.2) is 0 Å². The second kappa shape index (κ2) is 3.54. The van der Waals surface area contributed by atoms with E-state index in [2.05, 4.69) is 6.07 Å². The van der Waals surface area contributed by atoms with Crippen LogP contribution in [-0.4, -0.2) is 13.7 Å². The van der Waals surface area contributed by atoms with E-state index < -0.39 is 0 Å². The third-order valence-corrected chi connectivity index (χ3v) is 3.46. The van der Waals surface area contributed by atoms with Crippen LogP contribution in [0, 0.1) is 0 Å². The van der Waals surface area contributed by atoms with E-state index in [0.717, 1.165) is 23.4 Å². The number of methoxy groups -OCH3 is 1. The molecule has 76 valence electrons. The molecule has 1 unspecified atom stereocenters. The van der Waals surface area contributed by atoms with E-state index in [4.69, 9.17) is 22.1 Å². The predicted molar refractivity (Wildman–Crippen MR) is 57.5 cm³/mol. The van der Waals surface area contributed by atoms with Crippen molar-refractivity contribution in [2.45, 2.75) is 18.4 Å². The van der Waals surface area contributed by atoms with Crippen LogP contribution in [0.4, 0.5) is 0 Å². The van der Waals surface area contributed by atoms with Crippen LogP contribution in [-0.2, 0) is 16.8 Å². The zero-order valence-corrected chi connectivity index (χ0v) is 8.97. The monoisotopic (exact) mass is 211 g/mol. The number of halogens is 1. The molecular formula is C11H14ClNO. The highest BCUT2D eigenvalue weighted by atomic mass is 35.5. The van der Waals surface area contributed by atoms with Crippen molar-refractivity contribution in [2.75, 3.05) is 13.7 Å². The van der Waals surface area contributed by atoms with Crippen molar-refractivity contribution < 1.29 is 4.74 Å². The number of fused-ring (bicyclic) bond motifs is 1. The molecule has 0 aromatic heterocycles. The number of hydrogen-bond donors (Lipinski definition) is 1. The first-order valence-electron chi connectivity index (χ1n) is 4.76. The summed E-state index contributed by atoms with van der Waals surface area (Å²) in [6.07, 6.45) is 1.89. The summed E-state index contributed by atoms with van der Waals surface area (Å²) in [6, 6.07) is 5.93. The Labute approximate surface area is 89.0 Å². The molecule has 0 fully saturated rings. The van der Waals surface area contributed by atoms with Gasteiger partial charge in [0, 0.05) is 18.7 Å². The molecule has 1 aromatic rings. The van der Waals surface area contributed by atoms with Crippen molar-refractivity contribution in [3.05, 3.63) is 34.3 Å². The van der Waals surface area contributed by atoms with Crippen LogP contribution in [0.5, 0.6) is 0 Å². The van der Waals surface area contributed by atoms with Crippen LogP contribution in [0.15, 0.2) is 18.2 Å². The number of hydrogen-bond acceptors (Lipinski definition) is 2. The highest BCUT2D eigenvalue weighted by Crippen LogP contribution is 2.41. The summed E-state index contributed by atoms with van der Waals surface area (Å²) in [4.78, 5) is 0. The van der Waals surface area contributed by atoms with Crippen molar-refractivity contribution in [3.63, 3.8) is 0 Å². The first kappa shape index (κ1) is 9.97. The summed E-state index contributed by atoms with van der Waals surface area (Å²) < 4.78 is 5.55. The van der Waals surface area contributed by atoms with Gasteiger partial charge in [0.2, 0.25) is 0 Å². The fourth-order valence-electron chi connectivity index (χ4n) is 2.21. The minimum Gasteiger partial charge on any atom is -0.372 e. The second-order valence-corrected chi connectivity index (χ2v) is 4.08. The molecule has 1 atom stereocenters. The predicted octanol–water partition coefficient (Wildman–Crippen LogP) is 2.09. The third-order valence-electron chi connectivity index (χ3n) is 3.11. The van der Waals surface area contributed by atoms with E-state index in [-0.39, 0.29) is 5.60 Å². The first-order chi connectivity index (χ1) is 6.73. The first-order valence-corrected chi connectivity index (χ1v) is 5.14. The van der Waals surface area contributed by atoms with Crippen molar-refractivity contribution in [1.82, 2.24) is 0 Å². The number of nitrogens with two attached hydrogens (primary N) is 1. The van der Waals surface area contributed by atoms with Gasteiger partial charge in [-0.05, 0) is 30.0 Å². The van der Waals surface area contributed by atoms with Crippen LogP contribution >= 0.6 is 11.6 Å². The van der Waals surface area contributed by atoms with Crippen molar-refractivity contribution in [3.8, 4) is 0 Å². The minimum atomic E-state index is -0.305. The molecule has 1 aliphatic rings. The molecule has 2 rings (SSSR count). The molecule has 0 heterocycles. The maximum absolute atomic E-state index is 6.11. The Bertz CT molecular complexity index is 347. The van der Waals surface area contributed by atoms with Gasteiger partial charge in [-0.2, -0.15) is 0 Å². The maximum Gasteiger partial charge on any atom is 0.105 e. The van der Waals surface area contributed by atoms with E-state index in [1.165, 1.54) is 5.56 Å². The number of ether oxygens (including phenoxy) is 1. The molecule has 0 aliphatic heterocycles. The Morgan fingerprint density at radius 3 is 3.00 bits per heavy atom. The van der Waals surface area contributed by atoms with Gasteiger partial charge in [-0.15, -0.1) is 0 Å². The summed E-state index contributed by atoms with van der Waals surface area (Å²) in [5.41, 5.74) is 7.83. The van der Waals surface area contributed by atoms with E-state index in [1.54, 1.807) is 7.11 Å². The Balaban J connectivity index is 2.53. The summed E-state index contributed by atoms with van der Waals surface area (Å²) in [6.45, 7) is 0.511. The molecule has 0 bridgehead atoms. The van der Waals surface area contributed by atoms with Gasteiger partial charge in [0.25, 0.3) is 0 Å². The molecule has 0 saturated heterocycles. The van der Waals surface area contributed by atoms with Gasteiger partial charge < -0.3 is 10.5 Å². The molecule has 2 N–H and O–H groups in total. The number of rotatable bonds is 2. The summed E-state index contributed by atoms with van der Waals surface area (Å²) in [5, 5.41) is 0.829. The van der Waals surface area contributed by atoms with E-state index >= 15 is 0 Å². The van der Waals surface area contributed by atoms with Gasteiger partial charge >= 0.3 is 0 Å². The van der Waals surface area contributed by atoms with Gasteiger partial charge in [-0.25, -0.2) is 0 Å². The van der Waals surface area contributed by atoms with Gasteiger partial charge in [-0.3, -0.25) is 0 Å². The molecule has 1 aliphatic carbocycles. The highest BCUT2D eigenvalue weighted by molar-refractivity contribution is 6.31. The lowest BCUT2D eigenvalue weighted by molar-refractivity contribution is -0.00513. The SMILES string of the molecule is COC1(CN)CCc2c(Cl)cccc21. The van der Waals surface area contributed by atoms with Crippen LogP contribution < -0.4 is 5.73 Å². The minimum absolute atomic E-state index is 0.305. The Kier molecular flexibility index (Phi) is 2.52. The quantitative estimate of drug-likeness (QED) is 0.813. The lowest BCUT2D eigenvalue weighted by Gasteiger charge is -2.27. The molecular weight excluding hydrogens is 198 g/mol. The molecule has 1 aromatic carbocycles. The Morgan fingerprint density at radius 2 is 2.36 bits per heavy atom. The summed E-state index contributed by atoms with van der Waals surface area (Å²) >= 11 is 6.11. The largest absolute Gasteiger partial charge is 0.372 e. The fourth-order valence-corrected chi connectivity index (χ4v) is 2.48. The second-order valence-electron chi connectivity index (χ2n) is 3.67. The lowest BCUT2D eigenvalue weighted by Crippen LogP contribution is -2.34. The normalized spacial score (nSPS) is 25.1. The third kappa shape index (κ3) is 1.26. The Hall–Kier alpha value is -0.570. The van der Waals surface area contributed by atoms with Crippen LogP contribution in [0.3, 0.4) is 0 Å². The zero-order valence-electron chi connectivity index (χ0n) is 8.22. The zero-order chi connectivity index (χ0) is 10.2. The molecule has 0 radical (unpaired) electrons. The molecule has 3 heteroatoms. The van der Waals surface area contributed by atoms with E-state index in [1.807, 2.05) is 12.1 Å². The molecule has 0 spiro atoms. The van der Waals surface area contributed by atoms with E-state index in [9.17, 15) is 0 Å². The lowest BCUT2D eigenvalue weighted by atomic mass is 9.96. The van der Waals surface area contributed by atoms with Crippen LogP contribution in [0.25, 0.3) is 0 Å². The fraction of sp³-hybridized carbons (Fsp3) is 0.455. The van der Waals surface area contributed by atoms with Crippen LogP contribution in [0.2, 0.25) is 5.02 Å². The van der Waals surface area contributed by atoms with E-state index in [0.29, 0.717) is 6.54 Å². The average Bonchev–Trinajstić information content (AvgIpc) is 2.59. The Morgan fingerprint density at radius 1 is 1.57 bits per heavy atom. The summed E-state index contributed by atoms with van der Waals surface area (Å²) in [5.74, 6) is 0. The smallest absolute Gasteiger partial charge is 0.105 e. The van der Waals surface area contributed by atoms with Gasteiger partial charge in [0.1, 0.15) is 5.60 Å². The van der Waals surface area contributed by atoms with Crippen molar-refractivity contribution >= 4 is 11.6 Å². The average molecular weight is 212 g/mol. The molecule has 2 nitrogen and oxygen atoms in total. The highest BCUT2D eigenvalue weighted by Gasteiger charge is 2.38. The van der Waals surface area contributed by atoms with Gasteiger partial charge in [0.05, 0.1) is 0 Å². The van der Waals surface area contributed by atoms with Crippen LogP contribution in [0.1, 0.15) is 17.5 Å². The standard InChI is InChI=1S/C11H14ClNO/c1-14-11(7-13)6-5-8-9(11)3-2-4-10(8)12/h2-4H,5-7,13H2,1H3. The number of benzene rings is 1. The van der Waals surface area contributed by atoms with Gasteiger partial charge in [-0.1, -0.05) is 23.7 Å². The van der Waals surface area contributed by atoms with Crippen molar-refractivity contribution in [2.24, 2.45) is 5.73 Å².